The normalized spacial score (nSPS) is 26.4. The Morgan fingerprint density at radius 3 is 2.39 bits per heavy atom. The van der Waals surface area contributed by atoms with E-state index in [4.69, 9.17) is 22.1 Å². The van der Waals surface area contributed by atoms with Gasteiger partial charge in [-0.15, -0.1) is 0 Å². The number of nitrogens with zero attached hydrogens (tertiary/aromatic N) is 5. The van der Waals surface area contributed by atoms with Gasteiger partial charge in [0, 0.05) is 109 Å². The number of pyridine rings is 1. The molecule has 69 heavy (non-hydrogen) atoms. The molecule has 1 unspecified atom stereocenters. The molecule has 10 rings (SSSR count). The van der Waals surface area contributed by atoms with Gasteiger partial charge >= 0.3 is 6.18 Å². The van der Waals surface area contributed by atoms with E-state index in [1.54, 1.807) is 35.2 Å². The minimum atomic E-state index is -4.74. The number of methoxy groups -OCH3 is 1. The van der Waals surface area contributed by atoms with Crippen LogP contribution in [-0.4, -0.2) is 102 Å². The quantitative estimate of drug-likeness (QED) is 0.131. The molecule has 362 valence electrons. The number of carbonyl (C=O) groups is 5. The van der Waals surface area contributed by atoms with Crippen LogP contribution in [0.4, 0.5) is 34.6 Å². The number of hydrogen-bond donors (Lipinski definition) is 3. The first-order valence-corrected chi connectivity index (χ1v) is 23.4. The van der Waals surface area contributed by atoms with Crippen molar-refractivity contribution in [2.75, 3.05) is 55.0 Å². The maximum Gasteiger partial charge on any atom is 0.433 e. The molecule has 1 spiro atoms. The minimum Gasteiger partial charge on any atom is -0.495 e. The number of nitrogens with one attached hydrogen (secondary N) is 2. The van der Waals surface area contributed by atoms with Gasteiger partial charge in [-0.3, -0.25) is 34.3 Å². The van der Waals surface area contributed by atoms with Crippen LogP contribution in [0.15, 0.2) is 66.9 Å². The van der Waals surface area contributed by atoms with Gasteiger partial charge in [-0.25, -0.2) is 4.39 Å². The highest BCUT2D eigenvalue weighted by Crippen LogP contribution is 2.61. The van der Waals surface area contributed by atoms with Crippen molar-refractivity contribution >= 4 is 58.2 Å². The van der Waals surface area contributed by atoms with Crippen LogP contribution in [0, 0.1) is 23.1 Å². The number of halogens is 5. The van der Waals surface area contributed by atoms with Crippen molar-refractivity contribution in [1.82, 2.24) is 20.1 Å². The molecule has 7 heterocycles. The Labute approximate surface area is 400 Å². The summed E-state index contributed by atoms with van der Waals surface area (Å²) in [7, 11) is 1.44. The predicted molar refractivity (Wildman–Crippen MR) is 247 cm³/mol. The topological polar surface area (TPSA) is 171 Å². The van der Waals surface area contributed by atoms with Crippen LogP contribution in [0.3, 0.4) is 0 Å². The second kappa shape index (κ2) is 16.6. The van der Waals surface area contributed by atoms with E-state index in [-0.39, 0.29) is 77.5 Å². The fourth-order valence-electron chi connectivity index (χ4n) is 12.2. The Morgan fingerprint density at radius 1 is 0.986 bits per heavy atom. The zero-order valence-electron chi connectivity index (χ0n) is 38.3. The maximum atomic E-state index is 16.5. The van der Waals surface area contributed by atoms with Crippen LogP contribution in [0.2, 0.25) is 5.02 Å². The second-order valence-electron chi connectivity index (χ2n) is 20.4. The van der Waals surface area contributed by atoms with E-state index >= 15 is 4.39 Å². The Balaban J connectivity index is 0.934. The number of ether oxygens (including phenoxy) is 1. The molecule has 7 atom stereocenters. The van der Waals surface area contributed by atoms with Crippen molar-refractivity contribution in [2.24, 2.45) is 23.0 Å². The van der Waals surface area contributed by atoms with Crippen LogP contribution in [-0.2, 0) is 32.5 Å². The first-order valence-electron chi connectivity index (χ1n) is 23.0. The lowest BCUT2D eigenvalue weighted by Crippen LogP contribution is -2.52. The molecule has 6 aliphatic rings. The van der Waals surface area contributed by atoms with E-state index < -0.39 is 64.4 Å². The molecule has 0 saturated carbocycles. The highest BCUT2D eigenvalue weighted by molar-refractivity contribution is 6.30. The predicted octanol–water partition coefficient (Wildman–Crippen LogP) is 6.50. The standard InChI is InChI=1S/C50H51ClF4N8O6/c1-48(2,3)17-39-49(24-58-34-16-38(50(53,54)55)57-18-32(34)49)41(31-6-5-7-33(51)42(31)52)43(44(56)65)63(39)35-11-8-25(15-37(35)69-4)46(67)61-21-27-19-60(20-28(27)22-61)29-9-10-30-26(14-29)23-62(47(30)68)36-12-13-40(64)59-45(36)66/h5-11,14-16,18,27-28,36,39,41,43,58H,12-13,17,19-24H2,1-4H3,(H2,56,65)(H,59,64,66)/t27-,28-,36?,39+,41+,43-,49+/m1/s1. The molecular formula is C50H51ClF4N8O6. The molecule has 14 nitrogen and oxygen atoms in total. The lowest BCUT2D eigenvalue weighted by atomic mass is 9.63. The zero-order chi connectivity index (χ0) is 49.1. The number of hydrogen-bond acceptors (Lipinski definition) is 10. The van der Waals surface area contributed by atoms with Gasteiger partial charge in [0.05, 0.1) is 17.8 Å². The van der Waals surface area contributed by atoms with Gasteiger partial charge in [-0.05, 0) is 77.9 Å². The minimum absolute atomic E-state index is 0.00584. The molecule has 4 saturated heterocycles. The van der Waals surface area contributed by atoms with E-state index in [0.29, 0.717) is 55.0 Å². The van der Waals surface area contributed by atoms with E-state index in [9.17, 15) is 37.1 Å². The summed E-state index contributed by atoms with van der Waals surface area (Å²) < 4.78 is 64.7. The highest BCUT2D eigenvalue weighted by atomic mass is 35.5. The van der Waals surface area contributed by atoms with E-state index in [1.165, 1.54) is 30.3 Å². The lowest BCUT2D eigenvalue weighted by molar-refractivity contribution is -0.141. The Hall–Kier alpha value is -6.43. The van der Waals surface area contributed by atoms with Crippen LogP contribution < -0.4 is 30.9 Å². The third kappa shape index (κ3) is 7.69. The van der Waals surface area contributed by atoms with Crippen molar-refractivity contribution in [3.63, 3.8) is 0 Å². The molecule has 4 N–H and O–H groups in total. The van der Waals surface area contributed by atoms with Gasteiger partial charge in [-0.1, -0.05) is 44.5 Å². The van der Waals surface area contributed by atoms with Crippen molar-refractivity contribution in [3.8, 4) is 5.75 Å². The Bertz CT molecular complexity index is 2830. The first-order chi connectivity index (χ1) is 32.7. The van der Waals surface area contributed by atoms with Crippen molar-refractivity contribution in [2.45, 2.75) is 82.2 Å². The number of fused-ring (bicyclic) bond motifs is 4. The number of primary amides is 1. The average Bonchev–Trinajstić information content (AvgIpc) is 4.11. The number of benzene rings is 3. The van der Waals surface area contributed by atoms with Gasteiger partial charge in [0.25, 0.3) is 11.8 Å². The molecule has 19 heteroatoms. The lowest BCUT2D eigenvalue weighted by Gasteiger charge is -2.41. The number of likely N-dealkylation sites (tertiary alicyclic amines) is 1. The molecule has 0 radical (unpaired) electrons. The number of aromatic nitrogens is 1. The van der Waals surface area contributed by atoms with Crippen molar-refractivity contribution < 1.29 is 46.3 Å². The van der Waals surface area contributed by atoms with E-state index in [2.05, 4.69) is 20.5 Å². The molecule has 1 aromatic heterocycles. The van der Waals surface area contributed by atoms with Gasteiger partial charge in [0.15, 0.2) is 0 Å². The molecule has 3 aromatic carbocycles. The summed E-state index contributed by atoms with van der Waals surface area (Å²) in [6.07, 6.45) is -2.77. The van der Waals surface area contributed by atoms with Gasteiger partial charge in [0.1, 0.15) is 29.3 Å². The third-order valence-electron chi connectivity index (χ3n) is 15.1. The SMILES string of the molecule is COc1cc(C(=O)N2C[C@H]3CN(c4ccc5c(c4)CN(C4CCC(=O)NC4=O)C5=O)C[C@@H]3C2)ccc1N1[C@@H](CC(C)(C)C)[C@@]2(CNc3cc(C(F)(F)F)ncc32)[C@@H](c2cccc(Cl)c2F)[C@@H]1C(N)=O. The fourth-order valence-corrected chi connectivity index (χ4v) is 12.3. The summed E-state index contributed by atoms with van der Waals surface area (Å²) in [6.45, 7) is 8.61. The Kier molecular flexibility index (Phi) is 11.2. The number of imide groups is 1. The Morgan fingerprint density at radius 2 is 1.72 bits per heavy atom. The number of piperidine rings is 1. The number of alkyl halides is 3. The second-order valence-corrected chi connectivity index (χ2v) is 20.8. The molecule has 6 aliphatic heterocycles. The van der Waals surface area contributed by atoms with Crippen molar-refractivity contribution in [1.29, 1.82) is 0 Å². The number of carbonyl (C=O) groups excluding carboxylic acids is 5. The van der Waals surface area contributed by atoms with Crippen molar-refractivity contribution in [3.05, 3.63) is 111 Å². The van der Waals surface area contributed by atoms with Gasteiger partial charge < -0.3 is 35.4 Å². The number of rotatable bonds is 8. The summed E-state index contributed by atoms with van der Waals surface area (Å²) in [5, 5.41) is 5.31. The summed E-state index contributed by atoms with van der Waals surface area (Å²) in [6, 6.07) is 13.4. The highest BCUT2D eigenvalue weighted by Gasteiger charge is 2.66. The van der Waals surface area contributed by atoms with Crippen LogP contribution in [0.5, 0.6) is 5.75 Å². The summed E-state index contributed by atoms with van der Waals surface area (Å²) >= 11 is 6.41. The molecule has 4 aromatic rings. The summed E-state index contributed by atoms with van der Waals surface area (Å²) in [5.74, 6) is -3.38. The number of nitrogens with two attached hydrogens (primary N) is 1. The van der Waals surface area contributed by atoms with Crippen LogP contribution in [0.1, 0.15) is 89.1 Å². The largest absolute Gasteiger partial charge is 0.495 e. The fraction of sp³-hybridized carbons (Fsp3) is 0.440. The van der Waals surface area contributed by atoms with Gasteiger partial charge in [-0.2, -0.15) is 13.2 Å². The first kappa shape index (κ1) is 46.3. The molecule has 4 fully saturated rings. The van der Waals surface area contributed by atoms with E-state index in [0.717, 1.165) is 17.3 Å². The average molecular weight is 971 g/mol. The molecule has 0 aliphatic carbocycles. The maximum absolute atomic E-state index is 16.5. The van der Waals surface area contributed by atoms with Crippen LogP contribution in [0.25, 0.3) is 0 Å². The summed E-state index contributed by atoms with van der Waals surface area (Å²) in [5.41, 5.74) is 7.12. The summed E-state index contributed by atoms with van der Waals surface area (Å²) in [4.78, 5) is 77.4. The number of amides is 5. The third-order valence-corrected chi connectivity index (χ3v) is 15.4. The monoisotopic (exact) mass is 970 g/mol. The van der Waals surface area contributed by atoms with Gasteiger partial charge in [0.2, 0.25) is 17.7 Å². The molecule has 0 bridgehead atoms. The molecule has 5 amide bonds. The number of anilines is 3. The van der Waals surface area contributed by atoms with Crippen LogP contribution >= 0.6 is 11.6 Å². The molecular weight excluding hydrogens is 920 g/mol. The van der Waals surface area contributed by atoms with E-state index in [1.807, 2.05) is 37.8 Å². The zero-order valence-corrected chi connectivity index (χ0v) is 39.1. The smallest absolute Gasteiger partial charge is 0.433 e.